The van der Waals surface area contributed by atoms with Gasteiger partial charge in [-0.1, -0.05) is 24.3 Å². The molecule has 4 nitrogen and oxygen atoms in total. The Balaban J connectivity index is 2.47. The molecule has 18 heavy (non-hydrogen) atoms. The van der Waals surface area contributed by atoms with Crippen LogP contribution >= 0.6 is 0 Å². The first-order valence-corrected chi connectivity index (χ1v) is 5.61. The number of rotatable bonds is 2. The predicted octanol–water partition coefficient (Wildman–Crippen LogP) is 2.55. The van der Waals surface area contributed by atoms with Gasteiger partial charge in [-0.15, -0.1) is 0 Å². The number of carbonyl (C=O) groups is 1. The van der Waals surface area contributed by atoms with E-state index in [-0.39, 0.29) is 0 Å². The van der Waals surface area contributed by atoms with Gasteiger partial charge < -0.3 is 4.74 Å². The lowest BCUT2D eigenvalue weighted by molar-refractivity contribution is 0.0599. The molecule has 0 fully saturated rings. The van der Waals surface area contributed by atoms with Crippen LogP contribution < -0.4 is 0 Å². The van der Waals surface area contributed by atoms with E-state index in [0.29, 0.717) is 17.1 Å². The van der Waals surface area contributed by atoms with Crippen molar-refractivity contribution in [2.75, 3.05) is 7.11 Å². The number of aryl methyl sites for hydroxylation is 2. The van der Waals surface area contributed by atoms with Gasteiger partial charge in [0.25, 0.3) is 0 Å². The fraction of sp³-hybridized carbons (Fsp3) is 0.214. The topological polar surface area (TPSA) is 52.1 Å². The van der Waals surface area contributed by atoms with Crippen LogP contribution in [0.3, 0.4) is 0 Å². The summed E-state index contributed by atoms with van der Waals surface area (Å²) in [5.41, 5.74) is 3.09. The molecule has 0 N–H and O–H groups in total. The van der Waals surface area contributed by atoms with Crippen molar-refractivity contribution in [2.45, 2.75) is 13.8 Å². The number of esters is 1. The van der Waals surface area contributed by atoms with Crippen LogP contribution in [0.4, 0.5) is 0 Å². The van der Waals surface area contributed by atoms with Gasteiger partial charge in [-0.2, -0.15) is 0 Å². The number of hydrogen-bond donors (Lipinski definition) is 0. The molecule has 2 rings (SSSR count). The lowest BCUT2D eigenvalue weighted by Gasteiger charge is -2.07. The van der Waals surface area contributed by atoms with E-state index in [0.717, 1.165) is 11.1 Å². The molecule has 1 aromatic heterocycles. The van der Waals surface area contributed by atoms with E-state index in [4.69, 9.17) is 0 Å². The minimum absolute atomic E-state index is 0.398. The Morgan fingerprint density at radius 1 is 1.22 bits per heavy atom. The van der Waals surface area contributed by atoms with E-state index in [1.807, 2.05) is 31.2 Å². The van der Waals surface area contributed by atoms with Crippen molar-refractivity contribution < 1.29 is 9.53 Å². The molecule has 1 heterocycles. The van der Waals surface area contributed by atoms with Crippen LogP contribution in [0, 0.1) is 13.8 Å². The summed E-state index contributed by atoms with van der Waals surface area (Å²) in [4.78, 5) is 20.0. The predicted molar refractivity (Wildman–Crippen MR) is 68.3 cm³/mol. The molecule has 0 radical (unpaired) electrons. The Morgan fingerprint density at radius 2 is 1.94 bits per heavy atom. The first-order valence-electron chi connectivity index (χ1n) is 5.61. The van der Waals surface area contributed by atoms with Crippen LogP contribution in [0.15, 0.2) is 30.5 Å². The van der Waals surface area contributed by atoms with Crippen LogP contribution in [-0.4, -0.2) is 23.0 Å². The lowest BCUT2D eigenvalue weighted by Crippen LogP contribution is -2.07. The molecule has 2 aromatic rings. The molecule has 0 aliphatic carbocycles. The fourth-order valence-electron chi connectivity index (χ4n) is 1.73. The molecular weight excluding hydrogens is 228 g/mol. The van der Waals surface area contributed by atoms with Gasteiger partial charge >= 0.3 is 5.97 Å². The van der Waals surface area contributed by atoms with Crippen molar-refractivity contribution in [3.63, 3.8) is 0 Å². The average Bonchev–Trinajstić information content (AvgIpc) is 2.38. The minimum atomic E-state index is -0.413. The number of aromatic nitrogens is 2. The zero-order chi connectivity index (χ0) is 13.1. The highest BCUT2D eigenvalue weighted by atomic mass is 16.5. The number of nitrogens with zero attached hydrogens (tertiary/aromatic N) is 2. The molecule has 0 spiro atoms. The summed E-state index contributed by atoms with van der Waals surface area (Å²) in [6.45, 7) is 3.78. The second kappa shape index (κ2) is 4.96. The van der Waals surface area contributed by atoms with E-state index < -0.39 is 5.97 Å². The third-order valence-electron chi connectivity index (χ3n) is 2.77. The Morgan fingerprint density at radius 3 is 2.56 bits per heavy atom. The number of methoxy groups -OCH3 is 1. The van der Waals surface area contributed by atoms with Crippen molar-refractivity contribution in [1.29, 1.82) is 0 Å². The van der Waals surface area contributed by atoms with E-state index in [2.05, 4.69) is 14.7 Å². The van der Waals surface area contributed by atoms with Crippen molar-refractivity contribution >= 4 is 5.97 Å². The van der Waals surface area contributed by atoms with Crippen molar-refractivity contribution in [2.24, 2.45) is 0 Å². The maximum Gasteiger partial charge on any atom is 0.341 e. The molecule has 4 heteroatoms. The van der Waals surface area contributed by atoms with E-state index in [9.17, 15) is 4.79 Å². The van der Waals surface area contributed by atoms with Gasteiger partial charge in [-0.05, 0) is 19.4 Å². The molecule has 0 saturated carbocycles. The van der Waals surface area contributed by atoms with Crippen LogP contribution in [0.5, 0.6) is 0 Å². The Kier molecular flexibility index (Phi) is 3.37. The second-order valence-corrected chi connectivity index (χ2v) is 4.00. The summed E-state index contributed by atoms with van der Waals surface area (Å²) in [6.07, 6.45) is 1.51. The third-order valence-corrected chi connectivity index (χ3v) is 2.77. The number of hydrogen-bond acceptors (Lipinski definition) is 4. The molecule has 0 amide bonds. The van der Waals surface area contributed by atoms with E-state index >= 15 is 0 Å². The second-order valence-electron chi connectivity index (χ2n) is 4.00. The molecule has 0 unspecified atom stereocenters. The van der Waals surface area contributed by atoms with Crippen LogP contribution in [0.2, 0.25) is 0 Å². The molecule has 0 bridgehead atoms. The van der Waals surface area contributed by atoms with Gasteiger partial charge in [0.15, 0.2) is 5.82 Å². The molecule has 92 valence electrons. The van der Waals surface area contributed by atoms with Crippen molar-refractivity contribution in [1.82, 2.24) is 9.97 Å². The smallest absolute Gasteiger partial charge is 0.341 e. The minimum Gasteiger partial charge on any atom is -0.465 e. The van der Waals surface area contributed by atoms with Crippen molar-refractivity contribution in [3.8, 4) is 11.4 Å². The number of benzene rings is 1. The maximum absolute atomic E-state index is 11.4. The van der Waals surface area contributed by atoms with Crippen LogP contribution in [0.1, 0.15) is 21.6 Å². The molecule has 0 atom stereocenters. The highest BCUT2D eigenvalue weighted by molar-refractivity contribution is 5.90. The average molecular weight is 242 g/mol. The highest BCUT2D eigenvalue weighted by Crippen LogP contribution is 2.20. The summed E-state index contributed by atoms with van der Waals surface area (Å²) >= 11 is 0. The van der Waals surface area contributed by atoms with Gasteiger partial charge in [0, 0.05) is 11.8 Å². The summed E-state index contributed by atoms with van der Waals surface area (Å²) in [5.74, 6) is 0.210. The Bertz CT molecular complexity index is 594. The zero-order valence-electron chi connectivity index (χ0n) is 10.6. The first-order chi connectivity index (χ1) is 8.63. The fourth-order valence-corrected chi connectivity index (χ4v) is 1.73. The molecule has 0 saturated heterocycles. The molecule has 0 aliphatic heterocycles. The quantitative estimate of drug-likeness (QED) is 0.759. The maximum atomic E-state index is 11.4. The van der Waals surface area contributed by atoms with Crippen LogP contribution in [-0.2, 0) is 4.74 Å². The summed E-state index contributed by atoms with van der Waals surface area (Å²) < 4.78 is 4.67. The largest absolute Gasteiger partial charge is 0.465 e. The Hall–Kier alpha value is -2.23. The number of carbonyl (C=O) groups excluding carboxylic acids is 1. The SMILES string of the molecule is COC(=O)c1cnc(-c2ccccc2C)nc1C. The van der Waals surface area contributed by atoms with Gasteiger partial charge in [0.2, 0.25) is 0 Å². The van der Waals surface area contributed by atoms with Gasteiger partial charge in [0.1, 0.15) is 0 Å². The summed E-state index contributed by atoms with van der Waals surface area (Å²) in [7, 11) is 1.34. The molecular formula is C14H14N2O2. The number of ether oxygens (including phenoxy) is 1. The Labute approximate surface area is 106 Å². The molecule has 0 aliphatic rings. The van der Waals surface area contributed by atoms with Gasteiger partial charge in [-0.3, -0.25) is 0 Å². The van der Waals surface area contributed by atoms with E-state index in [1.54, 1.807) is 6.92 Å². The first kappa shape index (κ1) is 12.2. The summed E-state index contributed by atoms with van der Waals surface area (Å²) in [5, 5.41) is 0. The lowest BCUT2D eigenvalue weighted by atomic mass is 10.1. The van der Waals surface area contributed by atoms with E-state index in [1.165, 1.54) is 13.3 Å². The van der Waals surface area contributed by atoms with Crippen LogP contribution in [0.25, 0.3) is 11.4 Å². The highest BCUT2D eigenvalue weighted by Gasteiger charge is 2.13. The van der Waals surface area contributed by atoms with Gasteiger partial charge in [0.05, 0.1) is 18.4 Å². The zero-order valence-corrected chi connectivity index (χ0v) is 10.6. The normalized spacial score (nSPS) is 10.2. The standard InChI is InChI=1S/C14H14N2O2/c1-9-6-4-5-7-11(9)13-15-8-12(10(2)16-13)14(17)18-3/h4-8H,1-3H3. The molecule has 1 aromatic carbocycles. The van der Waals surface area contributed by atoms with Crippen molar-refractivity contribution in [3.05, 3.63) is 47.3 Å². The monoisotopic (exact) mass is 242 g/mol. The summed E-state index contributed by atoms with van der Waals surface area (Å²) in [6, 6.07) is 7.87. The van der Waals surface area contributed by atoms with Gasteiger partial charge in [-0.25, -0.2) is 14.8 Å². The third kappa shape index (κ3) is 2.22.